The van der Waals surface area contributed by atoms with E-state index in [1.54, 1.807) is 23.1 Å². The third kappa shape index (κ3) is 4.37. The Balaban J connectivity index is 2.21. The fraction of sp³-hybridized carbons (Fsp3) is 0.800. The molecule has 0 spiro atoms. The smallest absolute Gasteiger partial charge is 0.174 e. The lowest BCUT2D eigenvalue weighted by atomic mass is 9.95. The van der Waals surface area contributed by atoms with Crippen molar-refractivity contribution in [3.63, 3.8) is 0 Å². The van der Waals surface area contributed by atoms with E-state index in [9.17, 15) is 5.11 Å². The molecule has 0 aliphatic rings. The van der Waals surface area contributed by atoms with Crippen molar-refractivity contribution >= 4 is 23.1 Å². The molecular formula is C10H19N3OS2. The van der Waals surface area contributed by atoms with Crippen LogP contribution in [-0.4, -0.2) is 33.2 Å². The molecule has 0 bridgehead atoms. The van der Waals surface area contributed by atoms with Crippen molar-refractivity contribution in [2.75, 3.05) is 12.3 Å². The minimum atomic E-state index is -0.683. The van der Waals surface area contributed by atoms with Crippen LogP contribution in [0.4, 0.5) is 0 Å². The number of nitrogens with two attached hydrogens (primary N) is 1. The van der Waals surface area contributed by atoms with E-state index in [0.717, 1.165) is 27.9 Å². The van der Waals surface area contributed by atoms with Crippen molar-refractivity contribution in [2.45, 2.75) is 43.1 Å². The summed E-state index contributed by atoms with van der Waals surface area (Å²) in [6.45, 7) is 4.26. The summed E-state index contributed by atoms with van der Waals surface area (Å²) < 4.78 is 1.00. The van der Waals surface area contributed by atoms with E-state index in [-0.39, 0.29) is 0 Å². The number of hydrogen-bond donors (Lipinski definition) is 2. The quantitative estimate of drug-likeness (QED) is 0.578. The monoisotopic (exact) mass is 261 g/mol. The van der Waals surface area contributed by atoms with Gasteiger partial charge in [-0.05, 0) is 26.2 Å². The zero-order chi connectivity index (χ0) is 12.0. The molecule has 16 heavy (non-hydrogen) atoms. The maximum Gasteiger partial charge on any atom is 0.174 e. The highest BCUT2D eigenvalue weighted by atomic mass is 32.2. The van der Waals surface area contributed by atoms with E-state index in [1.807, 2.05) is 13.8 Å². The molecule has 1 unspecified atom stereocenters. The van der Waals surface area contributed by atoms with Gasteiger partial charge >= 0.3 is 0 Å². The number of nitrogens with zero attached hydrogens (tertiary/aromatic N) is 2. The molecule has 92 valence electrons. The maximum atomic E-state index is 9.97. The number of aliphatic hydroxyl groups is 1. The largest absolute Gasteiger partial charge is 0.389 e. The van der Waals surface area contributed by atoms with Crippen LogP contribution in [0.5, 0.6) is 0 Å². The zero-order valence-electron chi connectivity index (χ0n) is 9.77. The fourth-order valence-corrected chi connectivity index (χ4v) is 3.15. The molecule has 0 radical (unpaired) electrons. The van der Waals surface area contributed by atoms with Gasteiger partial charge in [-0.3, -0.25) is 0 Å². The first-order valence-corrected chi connectivity index (χ1v) is 7.25. The summed E-state index contributed by atoms with van der Waals surface area (Å²) in [5.74, 6) is 0.955. The molecule has 0 fully saturated rings. The van der Waals surface area contributed by atoms with Crippen LogP contribution in [0.1, 0.15) is 31.2 Å². The normalized spacial score (nSPS) is 15.0. The van der Waals surface area contributed by atoms with E-state index >= 15 is 0 Å². The minimum Gasteiger partial charge on any atom is -0.389 e. The summed E-state index contributed by atoms with van der Waals surface area (Å²) in [6.07, 6.45) is 2.42. The Kier molecular flexibility index (Phi) is 5.68. The van der Waals surface area contributed by atoms with Gasteiger partial charge in [0.2, 0.25) is 0 Å². The summed E-state index contributed by atoms with van der Waals surface area (Å²) in [4.78, 5) is 0. The van der Waals surface area contributed by atoms with Gasteiger partial charge in [-0.15, -0.1) is 10.2 Å². The standard InChI is InChI=1S/C10H19N3OS2/c1-3-10(14,7-11)5-4-6-15-9-13-12-8(2)16-9/h14H,3-7,11H2,1-2H3. The number of rotatable bonds is 7. The third-order valence-electron chi connectivity index (χ3n) is 2.56. The Morgan fingerprint density at radius 2 is 2.25 bits per heavy atom. The second-order valence-electron chi connectivity index (χ2n) is 3.82. The molecule has 0 aliphatic carbocycles. The molecule has 6 heteroatoms. The Morgan fingerprint density at radius 1 is 1.50 bits per heavy atom. The van der Waals surface area contributed by atoms with E-state index in [2.05, 4.69) is 10.2 Å². The molecule has 4 nitrogen and oxygen atoms in total. The molecule has 0 aromatic carbocycles. The van der Waals surface area contributed by atoms with Crippen LogP contribution in [0.3, 0.4) is 0 Å². The highest BCUT2D eigenvalue weighted by molar-refractivity contribution is 8.01. The van der Waals surface area contributed by atoms with Gasteiger partial charge in [-0.1, -0.05) is 30.0 Å². The van der Waals surface area contributed by atoms with Gasteiger partial charge in [0.15, 0.2) is 4.34 Å². The van der Waals surface area contributed by atoms with Crippen molar-refractivity contribution in [3.8, 4) is 0 Å². The van der Waals surface area contributed by atoms with Crippen LogP contribution in [0, 0.1) is 6.92 Å². The van der Waals surface area contributed by atoms with Crippen molar-refractivity contribution < 1.29 is 5.11 Å². The summed E-state index contributed by atoms with van der Waals surface area (Å²) in [5, 5.41) is 19.0. The van der Waals surface area contributed by atoms with Crippen molar-refractivity contribution in [1.29, 1.82) is 0 Å². The Morgan fingerprint density at radius 3 is 2.75 bits per heavy atom. The molecule has 1 aromatic rings. The molecule has 1 atom stereocenters. The first-order valence-electron chi connectivity index (χ1n) is 5.45. The molecule has 0 saturated carbocycles. The predicted molar refractivity (Wildman–Crippen MR) is 68.9 cm³/mol. The summed E-state index contributed by atoms with van der Waals surface area (Å²) >= 11 is 3.31. The first-order chi connectivity index (χ1) is 7.59. The SMILES string of the molecule is CCC(O)(CN)CCCSc1nnc(C)s1. The number of aryl methyl sites for hydroxylation is 1. The van der Waals surface area contributed by atoms with Crippen LogP contribution in [-0.2, 0) is 0 Å². The number of hydrogen-bond acceptors (Lipinski definition) is 6. The molecule has 1 aromatic heterocycles. The summed E-state index contributed by atoms with van der Waals surface area (Å²) in [5.41, 5.74) is 4.85. The van der Waals surface area contributed by atoms with Gasteiger partial charge in [0.1, 0.15) is 5.01 Å². The van der Waals surface area contributed by atoms with Gasteiger partial charge in [-0.25, -0.2) is 0 Å². The predicted octanol–water partition coefficient (Wildman–Crippen LogP) is 1.82. The lowest BCUT2D eigenvalue weighted by Gasteiger charge is -2.24. The second kappa shape index (κ2) is 6.54. The van der Waals surface area contributed by atoms with Gasteiger partial charge in [0.25, 0.3) is 0 Å². The highest BCUT2D eigenvalue weighted by Crippen LogP contribution is 2.24. The van der Waals surface area contributed by atoms with E-state index < -0.39 is 5.60 Å². The first kappa shape index (κ1) is 13.9. The Hall–Kier alpha value is -0.170. The molecular weight excluding hydrogens is 242 g/mol. The summed E-state index contributed by atoms with van der Waals surface area (Å²) in [7, 11) is 0. The van der Waals surface area contributed by atoms with Crippen molar-refractivity contribution in [2.24, 2.45) is 5.73 Å². The van der Waals surface area contributed by atoms with Crippen LogP contribution >= 0.6 is 23.1 Å². The molecule has 1 rings (SSSR count). The second-order valence-corrected chi connectivity index (χ2v) is 6.34. The number of aromatic nitrogens is 2. The van der Waals surface area contributed by atoms with Gasteiger partial charge < -0.3 is 10.8 Å². The zero-order valence-corrected chi connectivity index (χ0v) is 11.4. The van der Waals surface area contributed by atoms with Crippen LogP contribution in [0.15, 0.2) is 4.34 Å². The molecule has 1 heterocycles. The average Bonchev–Trinajstić information content (AvgIpc) is 2.70. The summed E-state index contributed by atoms with van der Waals surface area (Å²) in [6, 6.07) is 0. The average molecular weight is 261 g/mol. The van der Waals surface area contributed by atoms with Gasteiger partial charge in [-0.2, -0.15) is 0 Å². The van der Waals surface area contributed by atoms with E-state index in [0.29, 0.717) is 13.0 Å². The fourth-order valence-electron chi connectivity index (χ4n) is 1.32. The van der Waals surface area contributed by atoms with Gasteiger partial charge in [0, 0.05) is 12.3 Å². The number of thioether (sulfide) groups is 1. The van der Waals surface area contributed by atoms with E-state index in [4.69, 9.17) is 5.73 Å². The lowest BCUT2D eigenvalue weighted by molar-refractivity contribution is 0.0360. The van der Waals surface area contributed by atoms with Gasteiger partial charge in [0.05, 0.1) is 5.60 Å². The molecule has 0 saturated heterocycles. The van der Waals surface area contributed by atoms with Crippen molar-refractivity contribution in [3.05, 3.63) is 5.01 Å². The molecule has 0 amide bonds. The molecule has 3 N–H and O–H groups in total. The minimum absolute atomic E-state index is 0.339. The van der Waals surface area contributed by atoms with Crippen LogP contribution in [0.25, 0.3) is 0 Å². The van der Waals surface area contributed by atoms with E-state index in [1.165, 1.54) is 0 Å². The Labute approximate surface area is 105 Å². The maximum absolute atomic E-state index is 9.97. The Bertz CT molecular complexity index is 313. The van der Waals surface area contributed by atoms with Crippen LogP contribution < -0.4 is 5.73 Å². The van der Waals surface area contributed by atoms with Crippen LogP contribution in [0.2, 0.25) is 0 Å². The highest BCUT2D eigenvalue weighted by Gasteiger charge is 2.21. The topological polar surface area (TPSA) is 72.0 Å². The molecule has 0 aliphatic heterocycles. The lowest BCUT2D eigenvalue weighted by Crippen LogP contribution is -2.36. The third-order valence-corrected chi connectivity index (χ3v) is 4.62. The van der Waals surface area contributed by atoms with Crippen molar-refractivity contribution in [1.82, 2.24) is 10.2 Å².